The number of fused-ring (bicyclic) bond motifs is 1. The number of methoxy groups -OCH3 is 1. The summed E-state index contributed by atoms with van der Waals surface area (Å²) >= 11 is 0. The summed E-state index contributed by atoms with van der Waals surface area (Å²) in [6.45, 7) is -0.682. The molecule has 0 radical (unpaired) electrons. The van der Waals surface area contributed by atoms with Crippen molar-refractivity contribution in [3.05, 3.63) is 71.3 Å². The van der Waals surface area contributed by atoms with Gasteiger partial charge in [-0.3, -0.25) is 19.3 Å². The van der Waals surface area contributed by atoms with Gasteiger partial charge < -0.3 is 15.2 Å². The average Bonchev–Trinajstić information content (AvgIpc) is 3.00. The molecule has 1 aliphatic rings. The Kier molecular flexibility index (Phi) is 6.04. The molecule has 8 nitrogen and oxygen atoms in total. The van der Waals surface area contributed by atoms with Crippen LogP contribution < -0.4 is 5.32 Å². The van der Waals surface area contributed by atoms with Gasteiger partial charge in [-0.2, -0.15) is 0 Å². The van der Waals surface area contributed by atoms with E-state index in [-0.39, 0.29) is 17.5 Å². The Bertz CT molecular complexity index is 908. The number of carbonyl (C=O) groups excluding carboxylic acids is 4. The molecule has 1 aliphatic heterocycles. The molecule has 0 spiro atoms. The first-order chi connectivity index (χ1) is 14.0. The highest BCUT2D eigenvalue weighted by Crippen LogP contribution is 2.26. The van der Waals surface area contributed by atoms with E-state index < -0.39 is 42.4 Å². The van der Waals surface area contributed by atoms with Gasteiger partial charge in [0.25, 0.3) is 11.8 Å². The number of rotatable bonds is 7. The summed E-state index contributed by atoms with van der Waals surface area (Å²) in [6.07, 6.45) is 0.0530. The number of aliphatic hydroxyl groups excluding tert-OH is 1. The van der Waals surface area contributed by atoms with Crippen LogP contribution in [0.1, 0.15) is 26.3 Å². The predicted octanol–water partition coefficient (Wildman–Crippen LogP) is 0.544. The van der Waals surface area contributed by atoms with Crippen molar-refractivity contribution in [2.24, 2.45) is 0 Å². The Labute approximate surface area is 167 Å². The third kappa shape index (κ3) is 4.02. The summed E-state index contributed by atoms with van der Waals surface area (Å²) in [7, 11) is 1.13. The van der Waals surface area contributed by atoms with Crippen molar-refractivity contribution in [2.75, 3.05) is 13.7 Å². The van der Waals surface area contributed by atoms with E-state index in [0.29, 0.717) is 0 Å². The van der Waals surface area contributed by atoms with Crippen LogP contribution in [0.5, 0.6) is 0 Å². The van der Waals surface area contributed by atoms with Gasteiger partial charge >= 0.3 is 5.97 Å². The summed E-state index contributed by atoms with van der Waals surface area (Å²) < 4.78 is 4.56. The van der Waals surface area contributed by atoms with E-state index in [1.54, 1.807) is 42.5 Å². The smallest absolute Gasteiger partial charge is 0.330 e. The van der Waals surface area contributed by atoms with Gasteiger partial charge in [-0.25, -0.2) is 4.79 Å². The van der Waals surface area contributed by atoms with E-state index in [2.05, 4.69) is 10.1 Å². The van der Waals surface area contributed by atoms with Crippen LogP contribution >= 0.6 is 0 Å². The van der Waals surface area contributed by atoms with Gasteiger partial charge in [-0.1, -0.05) is 42.5 Å². The van der Waals surface area contributed by atoms with Gasteiger partial charge in [0.1, 0.15) is 6.04 Å². The standard InChI is InChI=1S/C21H20N2O6/c1-29-21(28)16(12-24)22-18(25)17(11-13-7-3-2-4-8-13)23-19(26)14-9-5-6-10-15(14)20(23)27/h2-10,16-17,24H,11-12H2,1H3,(H,22,25)/t16-,17?/m0/s1. The van der Waals surface area contributed by atoms with E-state index in [4.69, 9.17) is 0 Å². The van der Waals surface area contributed by atoms with Crippen LogP contribution in [0.3, 0.4) is 0 Å². The van der Waals surface area contributed by atoms with Crippen LogP contribution in [0.2, 0.25) is 0 Å². The lowest BCUT2D eigenvalue weighted by molar-refractivity contribution is -0.146. The zero-order chi connectivity index (χ0) is 21.0. The van der Waals surface area contributed by atoms with Crippen LogP contribution in [0.4, 0.5) is 0 Å². The number of hydrogen-bond donors (Lipinski definition) is 2. The second kappa shape index (κ2) is 8.66. The van der Waals surface area contributed by atoms with E-state index >= 15 is 0 Å². The fourth-order valence-corrected chi connectivity index (χ4v) is 3.22. The quantitative estimate of drug-likeness (QED) is 0.522. The van der Waals surface area contributed by atoms with Crippen molar-refractivity contribution in [3.63, 3.8) is 0 Å². The predicted molar refractivity (Wildman–Crippen MR) is 102 cm³/mol. The highest BCUT2D eigenvalue weighted by Gasteiger charge is 2.43. The van der Waals surface area contributed by atoms with E-state index in [9.17, 15) is 24.3 Å². The van der Waals surface area contributed by atoms with Gasteiger partial charge in [0.15, 0.2) is 6.04 Å². The molecule has 0 fully saturated rings. The molecule has 3 amide bonds. The minimum absolute atomic E-state index is 0.0530. The molecule has 1 unspecified atom stereocenters. The molecule has 0 saturated carbocycles. The maximum absolute atomic E-state index is 13.0. The molecule has 2 N–H and O–H groups in total. The third-order valence-corrected chi connectivity index (χ3v) is 4.70. The first-order valence-electron chi connectivity index (χ1n) is 8.97. The minimum Gasteiger partial charge on any atom is -0.467 e. The SMILES string of the molecule is COC(=O)[C@H](CO)NC(=O)C(Cc1ccccc1)N1C(=O)c2ccccc2C1=O. The molecule has 2 aromatic rings. The fourth-order valence-electron chi connectivity index (χ4n) is 3.22. The number of benzene rings is 2. The fraction of sp³-hybridized carbons (Fsp3) is 0.238. The first-order valence-corrected chi connectivity index (χ1v) is 8.97. The Morgan fingerprint density at radius 1 is 1.00 bits per heavy atom. The number of amides is 3. The van der Waals surface area contributed by atoms with Crippen LogP contribution in [0.15, 0.2) is 54.6 Å². The molecular weight excluding hydrogens is 376 g/mol. The molecule has 150 valence electrons. The monoisotopic (exact) mass is 396 g/mol. The van der Waals surface area contributed by atoms with Gasteiger partial charge in [-0.15, -0.1) is 0 Å². The van der Waals surface area contributed by atoms with Crippen molar-refractivity contribution >= 4 is 23.7 Å². The lowest BCUT2D eigenvalue weighted by atomic mass is 10.0. The number of ether oxygens (including phenoxy) is 1. The van der Waals surface area contributed by atoms with E-state index in [1.165, 1.54) is 12.1 Å². The number of hydrogen-bond acceptors (Lipinski definition) is 6. The van der Waals surface area contributed by atoms with Gasteiger partial charge in [0.05, 0.1) is 24.8 Å². The second-order valence-corrected chi connectivity index (χ2v) is 6.50. The van der Waals surface area contributed by atoms with Gasteiger partial charge in [-0.05, 0) is 17.7 Å². The molecule has 0 saturated heterocycles. The summed E-state index contributed by atoms with van der Waals surface area (Å²) in [5.74, 6) is -2.74. The van der Waals surface area contributed by atoms with Gasteiger partial charge in [0, 0.05) is 6.42 Å². The lowest BCUT2D eigenvalue weighted by Crippen LogP contribution is -2.55. The Hall–Kier alpha value is -3.52. The lowest BCUT2D eigenvalue weighted by Gasteiger charge is -2.27. The van der Waals surface area contributed by atoms with Crippen LogP contribution in [0.25, 0.3) is 0 Å². The zero-order valence-corrected chi connectivity index (χ0v) is 15.7. The molecule has 2 aromatic carbocycles. The molecule has 29 heavy (non-hydrogen) atoms. The largest absolute Gasteiger partial charge is 0.467 e. The first kappa shape index (κ1) is 20.2. The van der Waals surface area contributed by atoms with Crippen molar-refractivity contribution in [3.8, 4) is 0 Å². The highest BCUT2D eigenvalue weighted by atomic mass is 16.5. The van der Waals surface area contributed by atoms with E-state index in [0.717, 1.165) is 17.6 Å². The second-order valence-electron chi connectivity index (χ2n) is 6.50. The molecule has 0 bridgehead atoms. The van der Waals surface area contributed by atoms with Gasteiger partial charge in [0.2, 0.25) is 5.91 Å². The topological polar surface area (TPSA) is 113 Å². The third-order valence-electron chi connectivity index (χ3n) is 4.70. The van der Waals surface area contributed by atoms with Crippen LogP contribution in [0, 0.1) is 0 Å². The van der Waals surface area contributed by atoms with Crippen molar-refractivity contribution in [2.45, 2.75) is 18.5 Å². The molecule has 0 aliphatic carbocycles. The summed E-state index contributed by atoms with van der Waals surface area (Å²) in [5.41, 5.74) is 1.16. The van der Waals surface area contributed by atoms with Crippen molar-refractivity contribution < 1.29 is 29.0 Å². The summed E-state index contributed by atoms with van der Waals surface area (Å²) in [6, 6.07) is 12.7. The molecule has 3 rings (SSSR count). The minimum atomic E-state index is -1.30. The molecule has 8 heteroatoms. The number of nitrogens with one attached hydrogen (secondary N) is 1. The number of aliphatic hydroxyl groups is 1. The Morgan fingerprint density at radius 2 is 1.55 bits per heavy atom. The normalized spacial score (nSPS) is 14.9. The molecule has 2 atom stereocenters. The highest BCUT2D eigenvalue weighted by molar-refractivity contribution is 6.22. The molecular formula is C21H20N2O6. The average molecular weight is 396 g/mol. The number of carbonyl (C=O) groups is 4. The summed E-state index contributed by atoms with van der Waals surface area (Å²) in [5, 5.41) is 11.8. The summed E-state index contributed by atoms with van der Waals surface area (Å²) in [4.78, 5) is 51.4. The zero-order valence-electron chi connectivity index (χ0n) is 15.7. The number of esters is 1. The maximum Gasteiger partial charge on any atom is 0.330 e. The Balaban J connectivity index is 1.94. The molecule has 1 heterocycles. The van der Waals surface area contributed by atoms with Crippen LogP contribution in [-0.2, 0) is 20.7 Å². The van der Waals surface area contributed by atoms with E-state index in [1.807, 2.05) is 0 Å². The van der Waals surface area contributed by atoms with Crippen LogP contribution in [-0.4, -0.2) is 59.5 Å². The van der Waals surface area contributed by atoms with Crippen molar-refractivity contribution in [1.82, 2.24) is 10.2 Å². The number of nitrogens with zero attached hydrogens (tertiary/aromatic N) is 1. The Morgan fingerprint density at radius 3 is 2.07 bits per heavy atom. The molecule has 0 aromatic heterocycles. The van der Waals surface area contributed by atoms with Crippen molar-refractivity contribution in [1.29, 1.82) is 0 Å². The maximum atomic E-state index is 13.0. The number of imide groups is 1.